The predicted molar refractivity (Wildman–Crippen MR) is 89.7 cm³/mol. The number of aryl methyl sites for hydroxylation is 1. The summed E-state index contributed by atoms with van der Waals surface area (Å²) in [5.41, 5.74) is 3.02. The molecule has 3 aromatic rings. The third-order valence-electron chi connectivity index (χ3n) is 3.67. The van der Waals surface area contributed by atoms with Crippen LogP contribution in [-0.4, -0.2) is 26.6 Å². The molecule has 0 aliphatic heterocycles. The van der Waals surface area contributed by atoms with E-state index in [1.165, 1.54) is 13.1 Å². The summed E-state index contributed by atoms with van der Waals surface area (Å²) in [6, 6.07) is 8.89. The zero-order chi connectivity index (χ0) is 17.1. The fourth-order valence-corrected chi connectivity index (χ4v) is 2.45. The molecule has 0 atom stereocenters. The molecule has 6 nitrogen and oxygen atoms in total. The number of carbonyl (C=O) groups excluding carboxylic acids is 2. The summed E-state index contributed by atoms with van der Waals surface area (Å²) in [6.07, 6.45) is 3.16. The van der Waals surface area contributed by atoms with Crippen molar-refractivity contribution < 1.29 is 9.59 Å². The van der Waals surface area contributed by atoms with E-state index >= 15 is 0 Å². The topological polar surface area (TPSA) is 84.8 Å². The van der Waals surface area contributed by atoms with Crippen molar-refractivity contribution in [2.45, 2.75) is 20.4 Å². The fraction of sp³-hybridized carbons (Fsp3) is 0.167. The van der Waals surface area contributed by atoms with Crippen molar-refractivity contribution >= 4 is 22.7 Å². The van der Waals surface area contributed by atoms with Gasteiger partial charge in [-0.2, -0.15) is 0 Å². The molecule has 120 valence electrons. The van der Waals surface area contributed by atoms with Crippen LogP contribution in [0.2, 0.25) is 0 Å². The molecule has 1 N–H and O–H groups in total. The number of nitrogens with one attached hydrogen (secondary N) is 1. The Kier molecular flexibility index (Phi) is 4.29. The van der Waals surface area contributed by atoms with E-state index < -0.39 is 0 Å². The van der Waals surface area contributed by atoms with Crippen molar-refractivity contribution in [1.29, 1.82) is 0 Å². The standard InChI is InChI=1S/C18H16N4O2/c1-11-16(12(2)23)6-5-15(22-11)10-21-18(24)14-8-13-4-3-7-19-17(13)20-9-14/h3-9H,10H2,1-2H3,(H,21,24). The minimum Gasteiger partial charge on any atom is -0.346 e. The molecule has 0 aromatic carbocycles. The van der Waals surface area contributed by atoms with E-state index in [2.05, 4.69) is 20.3 Å². The average Bonchev–Trinajstić information content (AvgIpc) is 2.59. The van der Waals surface area contributed by atoms with E-state index in [0.717, 1.165) is 5.39 Å². The number of amides is 1. The Bertz CT molecular complexity index is 937. The van der Waals surface area contributed by atoms with Crippen molar-refractivity contribution in [3.63, 3.8) is 0 Å². The number of aromatic nitrogens is 3. The minimum absolute atomic E-state index is 0.0218. The summed E-state index contributed by atoms with van der Waals surface area (Å²) in [4.78, 5) is 36.3. The second kappa shape index (κ2) is 6.54. The lowest BCUT2D eigenvalue weighted by atomic mass is 10.1. The number of rotatable bonds is 4. The van der Waals surface area contributed by atoms with Crippen molar-refractivity contribution in [2.24, 2.45) is 0 Å². The Morgan fingerprint density at radius 2 is 2.00 bits per heavy atom. The number of pyridine rings is 3. The summed E-state index contributed by atoms with van der Waals surface area (Å²) in [5, 5.41) is 3.62. The third-order valence-corrected chi connectivity index (χ3v) is 3.67. The molecule has 0 aliphatic rings. The van der Waals surface area contributed by atoms with Crippen LogP contribution in [0, 0.1) is 6.92 Å². The second-order valence-electron chi connectivity index (χ2n) is 5.45. The highest BCUT2D eigenvalue weighted by Crippen LogP contribution is 2.11. The zero-order valence-corrected chi connectivity index (χ0v) is 13.4. The number of hydrogen-bond donors (Lipinski definition) is 1. The maximum Gasteiger partial charge on any atom is 0.253 e. The first-order valence-electron chi connectivity index (χ1n) is 7.51. The molecular weight excluding hydrogens is 304 g/mol. The van der Waals surface area contributed by atoms with Gasteiger partial charge in [0.05, 0.1) is 17.8 Å². The minimum atomic E-state index is -0.233. The maximum atomic E-state index is 12.3. The second-order valence-corrected chi connectivity index (χ2v) is 5.45. The summed E-state index contributed by atoms with van der Waals surface area (Å²) in [6.45, 7) is 3.57. The van der Waals surface area contributed by atoms with Crippen LogP contribution in [0.1, 0.15) is 39.0 Å². The first-order chi connectivity index (χ1) is 11.5. The molecule has 0 spiro atoms. The van der Waals surface area contributed by atoms with Crippen molar-refractivity contribution in [3.8, 4) is 0 Å². The van der Waals surface area contributed by atoms with Crippen LogP contribution >= 0.6 is 0 Å². The van der Waals surface area contributed by atoms with E-state index in [1.807, 2.05) is 6.07 Å². The van der Waals surface area contributed by atoms with Crippen LogP contribution in [0.15, 0.2) is 42.7 Å². The number of Topliss-reactive ketones (excluding diaryl/α,β-unsaturated/α-hetero) is 1. The summed E-state index contributed by atoms with van der Waals surface area (Å²) in [5.74, 6) is -0.255. The normalized spacial score (nSPS) is 10.6. The third kappa shape index (κ3) is 3.27. The van der Waals surface area contributed by atoms with E-state index in [0.29, 0.717) is 28.2 Å². The highest BCUT2D eigenvalue weighted by atomic mass is 16.1. The van der Waals surface area contributed by atoms with Crippen molar-refractivity contribution in [2.75, 3.05) is 0 Å². The predicted octanol–water partition coefficient (Wildman–Crippen LogP) is 2.47. The molecule has 6 heteroatoms. The lowest BCUT2D eigenvalue weighted by Gasteiger charge is -2.07. The Morgan fingerprint density at radius 3 is 2.75 bits per heavy atom. The summed E-state index contributed by atoms with van der Waals surface area (Å²) >= 11 is 0. The molecule has 0 saturated heterocycles. The SMILES string of the molecule is CC(=O)c1ccc(CNC(=O)c2cnc3ncccc3c2)nc1C. The largest absolute Gasteiger partial charge is 0.346 e. The molecular formula is C18H16N4O2. The molecule has 3 rings (SSSR count). The van der Waals surface area contributed by atoms with E-state index in [4.69, 9.17) is 0 Å². The van der Waals surface area contributed by atoms with Crippen LogP contribution in [0.5, 0.6) is 0 Å². The van der Waals surface area contributed by atoms with Crippen LogP contribution in [0.3, 0.4) is 0 Å². The Hall–Kier alpha value is -3.15. The first-order valence-corrected chi connectivity index (χ1v) is 7.51. The van der Waals surface area contributed by atoms with Gasteiger partial charge in [0.15, 0.2) is 11.4 Å². The smallest absolute Gasteiger partial charge is 0.253 e. The van der Waals surface area contributed by atoms with Gasteiger partial charge in [0.2, 0.25) is 0 Å². The van der Waals surface area contributed by atoms with Crippen LogP contribution in [0.25, 0.3) is 11.0 Å². The van der Waals surface area contributed by atoms with E-state index in [1.54, 1.807) is 37.4 Å². The van der Waals surface area contributed by atoms with Crippen LogP contribution < -0.4 is 5.32 Å². The molecule has 3 aromatic heterocycles. The summed E-state index contributed by atoms with van der Waals surface area (Å²) in [7, 11) is 0. The fourth-order valence-electron chi connectivity index (χ4n) is 2.45. The average molecular weight is 320 g/mol. The van der Waals surface area contributed by atoms with E-state index in [9.17, 15) is 9.59 Å². The van der Waals surface area contributed by atoms with Gasteiger partial charge in [-0.25, -0.2) is 9.97 Å². The van der Waals surface area contributed by atoms with Gasteiger partial charge in [-0.3, -0.25) is 14.6 Å². The molecule has 24 heavy (non-hydrogen) atoms. The summed E-state index contributed by atoms with van der Waals surface area (Å²) < 4.78 is 0. The van der Waals surface area contributed by atoms with Crippen molar-refractivity contribution in [3.05, 3.63) is 65.2 Å². The number of fused-ring (bicyclic) bond motifs is 1. The Morgan fingerprint density at radius 1 is 1.17 bits per heavy atom. The first kappa shape index (κ1) is 15.7. The molecule has 0 unspecified atom stereocenters. The maximum absolute atomic E-state index is 12.3. The number of nitrogens with zero attached hydrogens (tertiary/aromatic N) is 3. The zero-order valence-electron chi connectivity index (χ0n) is 13.4. The highest BCUT2D eigenvalue weighted by Gasteiger charge is 2.10. The molecule has 0 fully saturated rings. The highest BCUT2D eigenvalue weighted by molar-refractivity contribution is 5.97. The van der Waals surface area contributed by atoms with Gasteiger partial charge in [0.1, 0.15) is 0 Å². The van der Waals surface area contributed by atoms with Crippen molar-refractivity contribution in [1.82, 2.24) is 20.3 Å². The van der Waals surface area contributed by atoms with Gasteiger partial charge >= 0.3 is 0 Å². The quantitative estimate of drug-likeness (QED) is 0.746. The molecule has 1 amide bonds. The van der Waals surface area contributed by atoms with Gasteiger partial charge in [-0.05, 0) is 44.2 Å². The van der Waals surface area contributed by atoms with Gasteiger partial charge in [0, 0.05) is 29.0 Å². The van der Waals surface area contributed by atoms with E-state index in [-0.39, 0.29) is 18.2 Å². The Labute approximate surface area is 139 Å². The number of carbonyl (C=O) groups is 2. The lowest BCUT2D eigenvalue weighted by Crippen LogP contribution is -2.23. The molecule has 0 bridgehead atoms. The van der Waals surface area contributed by atoms with Gasteiger partial charge < -0.3 is 5.32 Å². The number of hydrogen-bond acceptors (Lipinski definition) is 5. The van der Waals surface area contributed by atoms with Crippen LogP contribution in [0.4, 0.5) is 0 Å². The molecule has 3 heterocycles. The Balaban J connectivity index is 1.72. The van der Waals surface area contributed by atoms with Gasteiger partial charge in [0.25, 0.3) is 5.91 Å². The monoisotopic (exact) mass is 320 g/mol. The lowest BCUT2D eigenvalue weighted by molar-refractivity contribution is 0.0948. The molecule has 0 aliphatic carbocycles. The van der Waals surface area contributed by atoms with Gasteiger partial charge in [-0.1, -0.05) is 0 Å². The molecule has 0 radical (unpaired) electrons. The number of ketones is 1. The molecule has 0 saturated carbocycles. The van der Waals surface area contributed by atoms with Gasteiger partial charge in [-0.15, -0.1) is 0 Å². The van der Waals surface area contributed by atoms with Crippen LogP contribution in [-0.2, 0) is 6.54 Å².